The number of thiazole rings is 1. The van der Waals surface area contributed by atoms with Gasteiger partial charge in [-0.2, -0.15) is 10.4 Å². The highest BCUT2D eigenvalue weighted by molar-refractivity contribution is 7.07. The van der Waals surface area contributed by atoms with Gasteiger partial charge in [-0.3, -0.25) is 0 Å². The Hall–Kier alpha value is -3.61. The van der Waals surface area contributed by atoms with Crippen molar-refractivity contribution in [2.75, 3.05) is 0 Å². The number of ether oxygens (including phenoxy) is 1. The molecule has 0 radical (unpaired) electrons. The molecule has 4 rings (SSSR count). The highest BCUT2D eigenvalue weighted by Gasteiger charge is 2.15. The van der Waals surface area contributed by atoms with Crippen molar-refractivity contribution in [3.8, 4) is 40.5 Å². The predicted octanol–water partition coefficient (Wildman–Crippen LogP) is 3.12. The molecule has 2 N–H and O–H groups in total. The second kappa shape index (κ2) is 7.56. The van der Waals surface area contributed by atoms with Gasteiger partial charge in [0.05, 0.1) is 22.7 Å². The average Bonchev–Trinajstić information content (AvgIpc) is 3.38. The minimum Gasteiger partial charge on any atom is -0.438 e. The first-order chi connectivity index (χ1) is 13.7. The van der Waals surface area contributed by atoms with Crippen LogP contribution >= 0.6 is 11.3 Å². The van der Waals surface area contributed by atoms with E-state index in [1.807, 2.05) is 5.38 Å². The molecular weight excluding hydrogens is 374 g/mol. The maximum atomic E-state index is 9.27. The van der Waals surface area contributed by atoms with Gasteiger partial charge in [-0.25, -0.2) is 19.6 Å². The van der Waals surface area contributed by atoms with Gasteiger partial charge in [-0.1, -0.05) is 0 Å². The summed E-state index contributed by atoms with van der Waals surface area (Å²) in [6.07, 6.45) is 3.35. The molecule has 1 aromatic carbocycles. The number of hydrogen-bond donors (Lipinski definition) is 1. The van der Waals surface area contributed by atoms with E-state index in [1.165, 1.54) is 11.3 Å². The van der Waals surface area contributed by atoms with E-state index in [1.54, 1.807) is 53.9 Å². The zero-order valence-corrected chi connectivity index (χ0v) is 15.7. The summed E-state index contributed by atoms with van der Waals surface area (Å²) < 4.78 is 7.71. The van der Waals surface area contributed by atoms with Crippen molar-refractivity contribution in [1.29, 1.82) is 5.26 Å². The molecule has 0 saturated heterocycles. The van der Waals surface area contributed by atoms with E-state index in [9.17, 15) is 5.26 Å². The lowest BCUT2D eigenvalue weighted by atomic mass is 10.1. The fourth-order valence-electron chi connectivity index (χ4n) is 2.58. The second-order valence-corrected chi connectivity index (χ2v) is 6.63. The highest BCUT2D eigenvalue weighted by atomic mass is 32.1. The number of aryl methyl sites for hydroxylation is 1. The van der Waals surface area contributed by atoms with E-state index in [0.717, 1.165) is 11.3 Å². The third-order valence-corrected chi connectivity index (χ3v) is 4.63. The molecule has 4 aromatic rings. The molecular formula is C19H15N7OS. The Bertz CT molecular complexity index is 1140. The van der Waals surface area contributed by atoms with Gasteiger partial charge < -0.3 is 10.5 Å². The first-order valence-corrected chi connectivity index (χ1v) is 9.28. The zero-order valence-electron chi connectivity index (χ0n) is 14.9. The van der Waals surface area contributed by atoms with Crippen LogP contribution in [0.15, 0.2) is 47.5 Å². The van der Waals surface area contributed by atoms with E-state index in [0.29, 0.717) is 40.8 Å². The van der Waals surface area contributed by atoms with Crippen LogP contribution in [0.3, 0.4) is 0 Å². The summed E-state index contributed by atoms with van der Waals surface area (Å²) in [4.78, 5) is 13.0. The SMILES string of the molecule is Cn1nc(-c2cscn2)cc1Oc1cc(C#N)ccc1-c1ncc(CN)cn1. The number of aromatic nitrogens is 5. The molecule has 0 atom stereocenters. The number of nitrogens with zero attached hydrogens (tertiary/aromatic N) is 6. The van der Waals surface area contributed by atoms with Crippen molar-refractivity contribution in [2.24, 2.45) is 12.8 Å². The maximum absolute atomic E-state index is 9.27. The number of rotatable bonds is 5. The minimum absolute atomic E-state index is 0.366. The number of benzene rings is 1. The summed E-state index contributed by atoms with van der Waals surface area (Å²) in [6, 6.07) is 9.05. The smallest absolute Gasteiger partial charge is 0.218 e. The Balaban J connectivity index is 1.73. The summed E-state index contributed by atoms with van der Waals surface area (Å²) in [7, 11) is 1.78. The molecule has 9 heteroatoms. The zero-order chi connectivity index (χ0) is 19.5. The second-order valence-electron chi connectivity index (χ2n) is 5.91. The van der Waals surface area contributed by atoms with Crippen LogP contribution in [-0.4, -0.2) is 24.7 Å². The minimum atomic E-state index is 0.366. The van der Waals surface area contributed by atoms with E-state index >= 15 is 0 Å². The van der Waals surface area contributed by atoms with Crippen molar-refractivity contribution in [2.45, 2.75) is 6.54 Å². The summed E-state index contributed by atoms with van der Waals surface area (Å²) in [5.41, 5.74) is 10.8. The molecule has 0 bridgehead atoms. The quantitative estimate of drug-likeness (QED) is 0.557. The van der Waals surface area contributed by atoms with Gasteiger partial charge >= 0.3 is 0 Å². The topological polar surface area (TPSA) is 116 Å². The van der Waals surface area contributed by atoms with E-state index in [2.05, 4.69) is 26.1 Å². The molecule has 3 aromatic heterocycles. The largest absolute Gasteiger partial charge is 0.438 e. The first-order valence-electron chi connectivity index (χ1n) is 8.34. The normalized spacial score (nSPS) is 10.6. The van der Waals surface area contributed by atoms with Gasteiger partial charge in [-0.15, -0.1) is 11.3 Å². The molecule has 8 nitrogen and oxygen atoms in total. The van der Waals surface area contributed by atoms with E-state index in [-0.39, 0.29) is 0 Å². The van der Waals surface area contributed by atoms with Crippen LogP contribution in [0.25, 0.3) is 22.8 Å². The van der Waals surface area contributed by atoms with Crippen LogP contribution in [0.5, 0.6) is 11.6 Å². The highest BCUT2D eigenvalue weighted by Crippen LogP contribution is 2.33. The summed E-state index contributed by atoms with van der Waals surface area (Å²) in [5.74, 6) is 1.46. The van der Waals surface area contributed by atoms with Crippen LogP contribution in [0.2, 0.25) is 0 Å². The van der Waals surface area contributed by atoms with Crippen LogP contribution in [0.1, 0.15) is 11.1 Å². The van der Waals surface area contributed by atoms with Crippen LogP contribution in [0.4, 0.5) is 0 Å². The van der Waals surface area contributed by atoms with E-state index < -0.39 is 0 Å². The van der Waals surface area contributed by atoms with E-state index in [4.69, 9.17) is 10.5 Å². The summed E-state index contributed by atoms with van der Waals surface area (Å²) in [5, 5.41) is 15.6. The summed E-state index contributed by atoms with van der Waals surface area (Å²) >= 11 is 1.50. The number of nitriles is 1. The van der Waals surface area contributed by atoms with Gasteiger partial charge in [0.2, 0.25) is 5.88 Å². The van der Waals surface area contributed by atoms with Crippen molar-refractivity contribution in [1.82, 2.24) is 24.7 Å². The lowest BCUT2D eigenvalue weighted by Crippen LogP contribution is -2.01. The van der Waals surface area contributed by atoms with Crippen LogP contribution < -0.4 is 10.5 Å². The van der Waals surface area contributed by atoms with Crippen molar-refractivity contribution in [3.63, 3.8) is 0 Å². The lowest BCUT2D eigenvalue weighted by Gasteiger charge is -2.11. The fourth-order valence-corrected chi connectivity index (χ4v) is 3.13. The van der Waals surface area contributed by atoms with Crippen molar-refractivity contribution >= 4 is 11.3 Å². The maximum Gasteiger partial charge on any atom is 0.218 e. The predicted molar refractivity (Wildman–Crippen MR) is 104 cm³/mol. The molecule has 0 unspecified atom stereocenters. The lowest BCUT2D eigenvalue weighted by molar-refractivity contribution is 0.432. The molecule has 0 aliphatic rings. The van der Waals surface area contributed by atoms with Gasteiger partial charge in [-0.05, 0) is 18.2 Å². The molecule has 0 spiro atoms. The van der Waals surface area contributed by atoms with Gasteiger partial charge in [0, 0.05) is 43.0 Å². The molecule has 0 aliphatic heterocycles. The average molecular weight is 389 g/mol. The standard InChI is InChI=1S/C19H15N7OS/c1-26-18(5-15(25-26)16-10-28-11-24-16)27-17-4-12(6-20)2-3-14(17)19-22-8-13(7-21)9-23-19/h2-5,8-11H,7,21H2,1H3. The third kappa shape index (κ3) is 3.46. The van der Waals surface area contributed by atoms with Crippen molar-refractivity contribution in [3.05, 3.63) is 58.7 Å². The first kappa shape index (κ1) is 17.8. The molecule has 3 heterocycles. The monoisotopic (exact) mass is 389 g/mol. The Labute approximate surface area is 164 Å². The Kier molecular flexibility index (Phi) is 4.80. The van der Waals surface area contributed by atoms with Gasteiger partial charge in [0.1, 0.15) is 17.1 Å². The van der Waals surface area contributed by atoms with Crippen LogP contribution in [0, 0.1) is 11.3 Å². The third-order valence-electron chi connectivity index (χ3n) is 4.04. The summed E-state index contributed by atoms with van der Waals surface area (Å²) in [6.45, 7) is 0.366. The molecule has 0 saturated carbocycles. The Morgan fingerprint density at radius 1 is 1.18 bits per heavy atom. The molecule has 0 aliphatic carbocycles. The molecule has 28 heavy (non-hydrogen) atoms. The Morgan fingerprint density at radius 2 is 2.00 bits per heavy atom. The van der Waals surface area contributed by atoms with Gasteiger partial charge in [0.25, 0.3) is 0 Å². The molecule has 138 valence electrons. The number of nitrogens with two attached hydrogens (primary N) is 1. The fraction of sp³-hybridized carbons (Fsp3) is 0.105. The molecule has 0 fully saturated rings. The number of hydrogen-bond acceptors (Lipinski definition) is 8. The van der Waals surface area contributed by atoms with Gasteiger partial charge in [0.15, 0.2) is 5.82 Å². The Morgan fingerprint density at radius 3 is 2.68 bits per heavy atom. The van der Waals surface area contributed by atoms with Crippen LogP contribution in [-0.2, 0) is 13.6 Å². The van der Waals surface area contributed by atoms with Crippen molar-refractivity contribution < 1.29 is 4.74 Å². The molecule has 0 amide bonds.